The van der Waals surface area contributed by atoms with Crippen LogP contribution in [0, 0.1) is 0 Å². The van der Waals surface area contributed by atoms with E-state index in [1.807, 2.05) is 36.4 Å². The summed E-state index contributed by atoms with van der Waals surface area (Å²) in [4.78, 5) is 27.0. The van der Waals surface area contributed by atoms with Crippen LogP contribution in [0.5, 0.6) is 0 Å². The van der Waals surface area contributed by atoms with E-state index in [0.29, 0.717) is 34.1 Å². The fourth-order valence-electron chi connectivity index (χ4n) is 4.74. The van der Waals surface area contributed by atoms with Gasteiger partial charge in [0, 0.05) is 24.8 Å². The molecule has 0 spiro atoms. The van der Waals surface area contributed by atoms with E-state index >= 15 is 0 Å². The highest BCUT2D eigenvalue weighted by atomic mass is 32.2. The molecule has 0 saturated carbocycles. The average Bonchev–Trinajstić information content (AvgIpc) is 3.51. The smallest absolute Gasteiger partial charge is 0.266 e. The number of imide groups is 1. The van der Waals surface area contributed by atoms with Gasteiger partial charge >= 0.3 is 0 Å². The van der Waals surface area contributed by atoms with E-state index in [9.17, 15) is 14.7 Å². The van der Waals surface area contributed by atoms with Gasteiger partial charge < -0.3 is 14.6 Å². The minimum Gasteiger partial charge on any atom is -0.392 e. The summed E-state index contributed by atoms with van der Waals surface area (Å²) in [7, 11) is 1.79. The molecule has 3 heterocycles. The Morgan fingerprint density at radius 1 is 0.923 bits per heavy atom. The first-order chi connectivity index (χ1) is 19.0. The van der Waals surface area contributed by atoms with Crippen molar-refractivity contribution >= 4 is 29.3 Å². The number of aryl methyl sites for hydroxylation is 1. The predicted octanol–water partition coefficient (Wildman–Crippen LogP) is 3.84. The third kappa shape index (κ3) is 4.97. The highest BCUT2D eigenvalue weighted by molar-refractivity contribution is 7.99. The summed E-state index contributed by atoms with van der Waals surface area (Å²) in [6.45, 7) is -0.0258. The number of rotatable bonds is 7. The normalized spacial score (nSPS) is 20.9. The monoisotopic (exact) mass is 543 g/mol. The lowest BCUT2D eigenvalue weighted by Crippen LogP contribution is -2.31. The van der Waals surface area contributed by atoms with Crippen molar-refractivity contribution in [3.63, 3.8) is 0 Å². The summed E-state index contributed by atoms with van der Waals surface area (Å²) in [5.41, 5.74) is 3.87. The first kappa shape index (κ1) is 25.4. The number of anilines is 1. The van der Waals surface area contributed by atoms with Gasteiger partial charge in [0.2, 0.25) is 5.16 Å². The minimum absolute atomic E-state index is 0.0258. The van der Waals surface area contributed by atoms with Crippen LogP contribution in [-0.2, 0) is 23.1 Å². The van der Waals surface area contributed by atoms with Gasteiger partial charge in [-0.1, -0.05) is 60.3 Å². The number of aliphatic hydroxyl groups excluding tert-OH is 1. The number of carbonyl (C=O) groups is 2. The SMILES string of the molecule is Cn1nnnc1SCC1CC(c2ccc(CO)cc2)OC(c2ccc(N3C(=O)c4ccccc4C3=O)cc2)O1. The van der Waals surface area contributed by atoms with Crippen LogP contribution in [0.3, 0.4) is 0 Å². The molecule has 3 unspecified atom stereocenters. The van der Waals surface area contributed by atoms with Crippen molar-refractivity contribution in [1.29, 1.82) is 0 Å². The number of hydrogen-bond acceptors (Lipinski definition) is 9. The molecule has 198 valence electrons. The lowest BCUT2D eigenvalue weighted by molar-refractivity contribution is -0.245. The van der Waals surface area contributed by atoms with Crippen molar-refractivity contribution < 1.29 is 24.2 Å². The molecule has 1 N–H and O–H groups in total. The quantitative estimate of drug-likeness (QED) is 0.274. The van der Waals surface area contributed by atoms with Crippen LogP contribution in [0.15, 0.2) is 78.0 Å². The molecule has 4 aromatic rings. The Morgan fingerprint density at radius 2 is 1.59 bits per heavy atom. The summed E-state index contributed by atoms with van der Waals surface area (Å²) in [5.74, 6) is -0.0580. The lowest BCUT2D eigenvalue weighted by Gasteiger charge is -2.36. The first-order valence-electron chi connectivity index (χ1n) is 12.5. The van der Waals surface area contributed by atoms with Crippen molar-refractivity contribution in [2.75, 3.05) is 10.7 Å². The number of fused-ring (bicyclic) bond motifs is 1. The molecule has 3 aromatic carbocycles. The van der Waals surface area contributed by atoms with Crippen molar-refractivity contribution in [3.05, 3.63) is 101 Å². The number of thioether (sulfide) groups is 1. The Morgan fingerprint density at radius 3 is 2.21 bits per heavy atom. The highest BCUT2D eigenvalue weighted by Gasteiger charge is 2.37. The third-order valence-electron chi connectivity index (χ3n) is 6.81. The number of nitrogens with zero attached hydrogens (tertiary/aromatic N) is 5. The standard InChI is InChI=1S/C28H25N5O5S/c1-32-28(29-30-31-32)39-16-21-14-24(18-8-6-17(15-34)7-9-18)38-27(37-21)19-10-12-20(13-11-19)33-25(35)22-4-2-3-5-23(22)26(33)36/h2-13,21,24,27,34H,14-16H2,1H3. The number of hydrogen-bond donors (Lipinski definition) is 1. The van der Waals surface area contributed by atoms with Gasteiger partial charge in [0.1, 0.15) is 0 Å². The molecule has 39 heavy (non-hydrogen) atoms. The zero-order chi connectivity index (χ0) is 26.9. The number of benzene rings is 3. The van der Waals surface area contributed by atoms with Crippen molar-refractivity contribution in [3.8, 4) is 0 Å². The summed E-state index contributed by atoms with van der Waals surface area (Å²) in [5, 5.41) is 21.7. The third-order valence-corrected chi connectivity index (χ3v) is 7.95. The molecule has 0 radical (unpaired) electrons. The number of carbonyl (C=O) groups excluding carboxylic acids is 2. The van der Waals surface area contributed by atoms with Gasteiger partial charge in [0.25, 0.3) is 11.8 Å². The maximum Gasteiger partial charge on any atom is 0.266 e. The Bertz CT molecular complexity index is 1470. The van der Waals surface area contributed by atoms with Crippen molar-refractivity contribution in [2.24, 2.45) is 7.05 Å². The molecule has 10 nitrogen and oxygen atoms in total. The van der Waals surface area contributed by atoms with Crippen molar-refractivity contribution in [1.82, 2.24) is 20.2 Å². The molecule has 2 amide bonds. The van der Waals surface area contributed by atoms with Crippen LogP contribution >= 0.6 is 11.8 Å². The maximum atomic E-state index is 12.9. The molecule has 1 aromatic heterocycles. The van der Waals surface area contributed by atoms with Gasteiger partial charge in [-0.2, -0.15) is 0 Å². The van der Waals surface area contributed by atoms with Crippen LogP contribution < -0.4 is 4.90 Å². The van der Waals surface area contributed by atoms with E-state index in [1.165, 1.54) is 16.7 Å². The molecule has 1 fully saturated rings. The number of tetrazole rings is 1. The van der Waals surface area contributed by atoms with E-state index in [0.717, 1.165) is 16.7 Å². The van der Waals surface area contributed by atoms with E-state index in [-0.39, 0.29) is 30.6 Å². The Labute approximate surface area is 228 Å². The topological polar surface area (TPSA) is 120 Å². The molecular weight excluding hydrogens is 518 g/mol. The summed E-state index contributed by atoms with van der Waals surface area (Å²) in [6, 6.07) is 21.6. The van der Waals surface area contributed by atoms with Gasteiger partial charge in [-0.25, -0.2) is 9.58 Å². The van der Waals surface area contributed by atoms with E-state index in [2.05, 4.69) is 15.5 Å². The van der Waals surface area contributed by atoms with Gasteiger partial charge in [-0.15, -0.1) is 5.10 Å². The highest BCUT2D eigenvalue weighted by Crippen LogP contribution is 2.40. The molecule has 1 saturated heterocycles. The first-order valence-corrected chi connectivity index (χ1v) is 13.4. The fourth-order valence-corrected chi connectivity index (χ4v) is 5.61. The molecular formula is C28H25N5O5S. The van der Waals surface area contributed by atoms with Gasteiger partial charge in [0.05, 0.1) is 35.6 Å². The van der Waals surface area contributed by atoms with Crippen molar-refractivity contribution in [2.45, 2.75) is 36.7 Å². The van der Waals surface area contributed by atoms with E-state index < -0.39 is 6.29 Å². The maximum absolute atomic E-state index is 12.9. The lowest BCUT2D eigenvalue weighted by atomic mass is 10.0. The second kappa shape index (κ2) is 10.7. The van der Waals surface area contributed by atoms with Crippen LogP contribution in [0.2, 0.25) is 0 Å². The number of ether oxygens (including phenoxy) is 2. The number of aromatic nitrogens is 4. The Hall–Kier alpha value is -3.90. The van der Waals surface area contributed by atoms with Gasteiger partial charge in [-0.05, 0) is 45.8 Å². The zero-order valence-electron chi connectivity index (χ0n) is 21.0. The van der Waals surface area contributed by atoms with Gasteiger partial charge in [-0.3, -0.25) is 9.59 Å². The van der Waals surface area contributed by atoms with Crippen LogP contribution in [0.4, 0.5) is 5.69 Å². The molecule has 0 aliphatic carbocycles. The predicted molar refractivity (Wildman–Crippen MR) is 142 cm³/mol. The van der Waals surface area contributed by atoms with E-state index in [4.69, 9.17) is 9.47 Å². The Balaban J connectivity index is 1.23. The molecule has 6 rings (SSSR count). The molecule has 11 heteroatoms. The minimum atomic E-state index is -0.666. The van der Waals surface area contributed by atoms with Crippen LogP contribution in [0.1, 0.15) is 56.2 Å². The molecule has 3 atom stereocenters. The average molecular weight is 544 g/mol. The van der Waals surface area contributed by atoms with Crippen LogP contribution in [-0.4, -0.2) is 49.0 Å². The number of amides is 2. The van der Waals surface area contributed by atoms with Gasteiger partial charge in [0.15, 0.2) is 6.29 Å². The second-order valence-electron chi connectivity index (χ2n) is 9.33. The Kier molecular flexibility index (Phi) is 6.96. The summed E-state index contributed by atoms with van der Waals surface area (Å²) in [6.07, 6.45) is -0.444. The zero-order valence-corrected chi connectivity index (χ0v) is 21.8. The molecule has 2 aliphatic rings. The summed E-state index contributed by atoms with van der Waals surface area (Å²) >= 11 is 1.51. The summed E-state index contributed by atoms with van der Waals surface area (Å²) < 4.78 is 14.4. The fraction of sp³-hybridized carbons (Fsp3) is 0.250. The largest absolute Gasteiger partial charge is 0.392 e. The van der Waals surface area contributed by atoms with E-state index in [1.54, 1.807) is 48.1 Å². The molecule has 2 aliphatic heterocycles. The number of aliphatic hydroxyl groups is 1. The van der Waals surface area contributed by atoms with Crippen LogP contribution in [0.25, 0.3) is 0 Å². The second-order valence-corrected chi connectivity index (χ2v) is 10.3. The molecule has 0 bridgehead atoms.